The predicted molar refractivity (Wildman–Crippen MR) is 155 cm³/mol. The minimum atomic E-state index is -1.45. The average molecular weight is 558 g/mol. The van der Waals surface area contributed by atoms with Gasteiger partial charge in [-0.3, -0.25) is 10.1 Å². The molecule has 8 nitrogen and oxygen atoms in total. The van der Waals surface area contributed by atoms with E-state index in [1.54, 1.807) is 70.2 Å². The number of amides is 2. The van der Waals surface area contributed by atoms with Crippen LogP contribution in [0.3, 0.4) is 0 Å². The van der Waals surface area contributed by atoms with Crippen LogP contribution in [0.4, 0.5) is 14.9 Å². The third-order valence-electron chi connectivity index (χ3n) is 6.04. The number of ether oxygens (including phenoxy) is 2. The largest absolute Gasteiger partial charge is 0.463 e. The third-order valence-corrected chi connectivity index (χ3v) is 6.04. The highest BCUT2D eigenvalue weighted by molar-refractivity contribution is 6.20. The lowest BCUT2D eigenvalue weighted by molar-refractivity contribution is -0.137. The summed E-state index contributed by atoms with van der Waals surface area (Å²) in [5, 5.41) is 2.55. The first-order chi connectivity index (χ1) is 19.6. The lowest BCUT2D eigenvalue weighted by Crippen LogP contribution is -2.49. The van der Waals surface area contributed by atoms with Crippen LogP contribution in [-0.2, 0) is 19.1 Å². The molecule has 1 atom stereocenters. The Morgan fingerprint density at radius 1 is 0.976 bits per heavy atom. The summed E-state index contributed by atoms with van der Waals surface area (Å²) >= 11 is 0. The van der Waals surface area contributed by atoms with Crippen molar-refractivity contribution in [3.05, 3.63) is 107 Å². The Kier molecular flexibility index (Phi) is 8.97. The van der Waals surface area contributed by atoms with Crippen LogP contribution in [0.1, 0.15) is 44.4 Å². The molecule has 4 rings (SSSR count). The lowest BCUT2D eigenvalue weighted by Gasteiger charge is -2.27. The van der Waals surface area contributed by atoms with Crippen molar-refractivity contribution in [3.63, 3.8) is 0 Å². The Balaban J connectivity index is 1.87. The van der Waals surface area contributed by atoms with Gasteiger partial charge in [0.15, 0.2) is 0 Å². The van der Waals surface area contributed by atoms with E-state index >= 15 is 4.39 Å². The number of fused-ring (bicyclic) bond motifs is 1. The molecule has 1 unspecified atom stereocenters. The number of halogens is 1. The van der Waals surface area contributed by atoms with Crippen molar-refractivity contribution in [1.29, 1.82) is 0 Å². The van der Waals surface area contributed by atoms with Gasteiger partial charge < -0.3 is 14.4 Å². The summed E-state index contributed by atoms with van der Waals surface area (Å²) in [4.78, 5) is 45.5. The minimum Gasteiger partial charge on any atom is -0.463 e. The summed E-state index contributed by atoms with van der Waals surface area (Å²) in [7, 11) is 0. The van der Waals surface area contributed by atoms with Gasteiger partial charge >= 0.3 is 12.1 Å². The number of carbonyl (C=O) groups is 3. The van der Waals surface area contributed by atoms with Gasteiger partial charge in [0, 0.05) is 17.2 Å². The fraction of sp³-hybridized carbons (Fsp3) is 0.250. The average Bonchev–Trinajstić information content (AvgIpc) is 3.03. The van der Waals surface area contributed by atoms with E-state index < -0.39 is 35.6 Å². The summed E-state index contributed by atoms with van der Waals surface area (Å²) in [5.41, 5.74) is 1.62. The lowest BCUT2D eigenvalue weighted by atomic mass is 9.99. The number of benzodiazepines with no additional fused rings is 1. The molecule has 1 heterocycles. The van der Waals surface area contributed by atoms with Gasteiger partial charge in [-0.25, -0.2) is 19.0 Å². The number of esters is 1. The van der Waals surface area contributed by atoms with Crippen molar-refractivity contribution in [1.82, 2.24) is 5.32 Å². The van der Waals surface area contributed by atoms with Crippen molar-refractivity contribution in [3.8, 4) is 0 Å². The molecule has 212 valence electrons. The monoisotopic (exact) mass is 557 g/mol. The van der Waals surface area contributed by atoms with Gasteiger partial charge in [-0.1, -0.05) is 60.7 Å². The first kappa shape index (κ1) is 29.2. The second kappa shape index (κ2) is 12.6. The Hall–Kier alpha value is -4.79. The van der Waals surface area contributed by atoms with Crippen molar-refractivity contribution < 1.29 is 28.2 Å². The highest BCUT2D eigenvalue weighted by Gasteiger charge is 2.35. The van der Waals surface area contributed by atoms with Crippen LogP contribution in [0.25, 0.3) is 5.57 Å². The zero-order chi connectivity index (χ0) is 29.6. The molecule has 9 heteroatoms. The number of benzene rings is 3. The van der Waals surface area contributed by atoms with Crippen LogP contribution in [0.5, 0.6) is 0 Å². The van der Waals surface area contributed by atoms with E-state index in [2.05, 4.69) is 10.3 Å². The number of nitrogens with zero attached hydrogens (tertiary/aromatic N) is 2. The third kappa shape index (κ3) is 7.25. The number of anilines is 1. The molecule has 3 aromatic rings. The van der Waals surface area contributed by atoms with E-state index in [0.29, 0.717) is 22.4 Å². The van der Waals surface area contributed by atoms with Crippen LogP contribution < -0.4 is 10.2 Å². The van der Waals surface area contributed by atoms with E-state index in [4.69, 9.17) is 9.47 Å². The smallest absolute Gasteiger partial charge is 0.409 e. The highest BCUT2D eigenvalue weighted by atomic mass is 19.1. The van der Waals surface area contributed by atoms with Crippen LogP contribution in [-0.4, -0.2) is 48.6 Å². The molecule has 1 N–H and O–H groups in total. The van der Waals surface area contributed by atoms with Gasteiger partial charge in [0.05, 0.1) is 24.6 Å². The molecule has 0 aliphatic carbocycles. The van der Waals surface area contributed by atoms with Gasteiger partial charge in [-0.05, 0) is 57.0 Å². The normalized spacial score (nSPS) is 15.4. The molecular formula is C32H32FN3O5. The fourth-order valence-corrected chi connectivity index (χ4v) is 4.34. The summed E-state index contributed by atoms with van der Waals surface area (Å²) in [6.45, 7) is 6.92. The molecule has 0 bridgehead atoms. The topological polar surface area (TPSA) is 97.3 Å². The Labute approximate surface area is 238 Å². The van der Waals surface area contributed by atoms with Gasteiger partial charge in [-0.2, -0.15) is 0 Å². The van der Waals surface area contributed by atoms with Crippen LogP contribution in [0.15, 0.2) is 89.9 Å². The standard InChI is InChI=1S/C32H32FN3O5/c1-5-40-27(37)19-22(21-13-7-6-8-14-21)20-36-26-18-12-10-16-24(26)28(23-15-9-11-17-25(23)33)34-29(30(36)38)35-31(39)41-32(2,3)4/h6-19,29H,5,20H2,1-4H3,(H,35,39)/b22-19-. The summed E-state index contributed by atoms with van der Waals surface area (Å²) in [6, 6.07) is 22.1. The highest BCUT2D eigenvalue weighted by Crippen LogP contribution is 2.31. The van der Waals surface area contributed by atoms with Crippen molar-refractivity contribution in [2.24, 2.45) is 4.99 Å². The number of carbonyl (C=O) groups excluding carboxylic acids is 3. The zero-order valence-electron chi connectivity index (χ0n) is 23.4. The van der Waals surface area contributed by atoms with E-state index in [0.717, 1.165) is 0 Å². The van der Waals surface area contributed by atoms with E-state index in [9.17, 15) is 14.4 Å². The maximum absolute atomic E-state index is 15.1. The molecule has 0 fully saturated rings. The minimum absolute atomic E-state index is 0.0642. The molecular weight excluding hydrogens is 525 g/mol. The van der Waals surface area contributed by atoms with Crippen LogP contribution in [0, 0.1) is 5.82 Å². The molecule has 41 heavy (non-hydrogen) atoms. The molecule has 0 saturated carbocycles. The quantitative estimate of drug-likeness (QED) is 0.305. The molecule has 0 saturated heterocycles. The van der Waals surface area contributed by atoms with Gasteiger partial charge in [-0.15, -0.1) is 0 Å². The van der Waals surface area contributed by atoms with Crippen LogP contribution >= 0.6 is 0 Å². The number of hydrogen-bond donors (Lipinski definition) is 1. The van der Waals surface area contributed by atoms with Crippen molar-refractivity contribution in [2.75, 3.05) is 18.1 Å². The van der Waals surface area contributed by atoms with Gasteiger partial charge in [0.2, 0.25) is 6.17 Å². The Morgan fingerprint density at radius 3 is 2.27 bits per heavy atom. The van der Waals surface area contributed by atoms with Crippen molar-refractivity contribution in [2.45, 2.75) is 39.5 Å². The first-order valence-corrected chi connectivity index (χ1v) is 13.2. The zero-order valence-corrected chi connectivity index (χ0v) is 23.4. The summed E-state index contributed by atoms with van der Waals surface area (Å²) < 4.78 is 25.7. The summed E-state index contributed by atoms with van der Waals surface area (Å²) in [5.74, 6) is -1.70. The van der Waals surface area contributed by atoms with E-state index in [1.165, 1.54) is 17.0 Å². The molecule has 3 aromatic carbocycles. The second-order valence-corrected chi connectivity index (χ2v) is 10.2. The number of rotatable bonds is 7. The molecule has 0 aromatic heterocycles. The molecule has 1 aliphatic rings. The number of nitrogens with one attached hydrogen (secondary N) is 1. The fourth-order valence-electron chi connectivity index (χ4n) is 4.34. The predicted octanol–water partition coefficient (Wildman–Crippen LogP) is 5.51. The Morgan fingerprint density at radius 2 is 1.61 bits per heavy atom. The number of aliphatic imine (C=N–C) groups is 1. The number of para-hydroxylation sites is 1. The number of hydrogen-bond acceptors (Lipinski definition) is 6. The van der Waals surface area contributed by atoms with E-state index in [-0.39, 0.29) is 24.4 Å². The first-order valence-electron chi connectivity index (χ1n) is 13.2. The van der Waals surface area contributed by atoms with E-state index in [1.807, 2.05) is 30.3 Å². The molecule has 0 radical (unpaired) electrons. The van der Waals surface area contributed by atoms with Crippen molar-refractivity contribution >= 4 is 34.9 Å². The van der Waals surface area contributed by atoms with Gasteiger partial charge in [0.1, 0.15) is 11.4 Å². The summed E-state index contributed by atoms with van der Waals surface area (Å²) in [6.07, 6.45) is -0.968. The maximum atomic E-state index is 15.1. The Bertz CT molecular complexity index is 1490. The molecule has 0 spiro atoms. The number of alkyl carbamates (subject to hydrolysis) is 1. The van der Waals surface area contributed by atoms with Crippen LogP contribution in [0.2, 0.25) is 0 Å². The molecule has 2 amide bonds. The second-order valence-electron chi connectivity index (χ2n) is 10.2. The maximum Gasteiger partial charge on any atom is 0.409 e. The molecule has 1 aliphatic heterocycles. The SMILES string of the molecule is CCOC(=O)/C=C(/CN1C(=O)C(NC(=O)OC(C)(C)C)N=C(c2ccccc2F)c2ccccc21)c1ccccc1. The van der Waals surface area contributed by atoms with Gasteiger partial charge in [0.25, 0.3) is 5.91 Å².